The van der Waals surface area contributed by atoms with Crippen LogP contribution in [0.25, 0.3) is 22.2 Å². The maximum absolute atomic E-state index is 11.4. The summed E-state index contributed by atoms with van der Waals surface area (Å²) < 4.78 is 1.84. The van der Waals surface area contributed by atoms with Crippen molar-refractivity contribution in [1.82, 2.24) is 9.55 Å². The predicted octanol–water partition coefficient (Wildman–Crippen LogP) is 3.98. The molecule has 4 nitrogen and oxygen atoms in total. The average molecular weight is 280 g/mol. The van der Waals surface area contributed by atoms with Gasteiger partial charge in [-0.05, 0) is 32.0 Å². The van der Waals surface area contributed by atoms with Crippen molar-refractivity contribution in [3.63, 3.8) is 0 Å². The van der Waals surface area contributed by atoms with Crippen molar-refractivity contribution in [3.8, 4) is 11.3 Å². The van der Waals surface area contributed by atoms with Gasteiger partial charge in [-0.3, -0.25) is 4.98 Å². The van der Waals surface area contributed by atoms with Crippen molar-refractivity contribution in [2.24, 2.45) is 0 Å². The third kappa shape index (κ3) is 2.18. The Balaban J connectivity index is 2.31. The number of para-hydroxylation sites is 1. The quantitative estimate of drug-likeness (QED) is 0.789. The standard InChI is InChI=1S/C17H16N2O2/c1-11(2)19-14(8-9-15(19)17(20)21)13-7-3-5-12-6-4-10-18-16(12)13/h3-11H,1-2H3,(H,20,21). The molecule has 0 bridgehead atoms. The molecule has 3 rings (SSSR count). The van der Waals surface area contributed by atoms with Gasteiger partial charge >= 0.3 is 5.97 Å². The zero-order valence-corrected chi connectivity index (χ0v) is 11.9. The van der Waals surface area contributed by atoms with E-state index in [4.69, 9.17) is 0 Å². The maximum atomic E-state index is 11.4. The van der Waals surface area contributed by atoms with Gasteiger partial charge in [-0.1, -0.05) is 24.3 Å². The fourth-order valence-electron chi connectivity index (χ4n) is 2.71. The van der Waals surface area contributed by atoms with Gasteiger partial charge in [-0.15, -0.1) is 0 Å². The largest absolute Gasteiger partial charge is 0.477 e. The van der Waals surface area contributed by atoms with Crippen LogP contribution in [-0.4, -0.2) is 20.6 Å². The molecule has 0 amide bonds. The lowest BCUT2D eigenvalue weighted by Gasteiger charge is -2.16. The SMILES string of the molecule is CC(C)n1c(C(=O)O)ccc1-c1cccc2cccnc12. The van der Waals surface area contributed by atoms with E-state index in [0.717, 1.165) is 22.2 Å². The van der Waals surface area contributed by atoms with Gasteiger partial charge in [0, 0.05) is 23.2 Å². The molecule has 0 saturated heterocycles. The number of benzene rings is 1. The van der Waals surface area contributed by atoms with Crippen LogP contribution >= 0.6 is 0 Å². The van der Waals surface area contributed by atoms with Crippen molar-refractivity contribution in [1.29, 1.82) is 0 Å². The molecule has 0 radical (unpaired) electrons. The Bertz CT molecular complexity index is 813. The first-order valence-electron chi connectivity index (χ1n) is 6.88. The zero-order valence-electron chi connectivity index (χ0n) is 11.9. The first-order valence-corrected chi connectivity index (χ1v) is 6.88. The number of carbonyl (C=O) groups is 1. The van der Waals surface area contributed by atoms with Gasteiger partial charge < -0.3 is 9.67 Å². The molecule has 0 unspecified atom stereocenters. The highest BCUT2D eigenvalue weighted by Crippen LogP contribution is 2.31. The monoisotopic (exact) mass is 280 g/mol. The number of carboxylic acids is 1. The summed E-state index contributed by atoms with van der Waals surface area (Å²) in [6.45, 7) is 3.96. The molecule has 0 fully saturated rings. The van der Waals surface area contributed by atoms with Crippen molar-refractivity contribution < 1.29 is 9.90 Å². The molecule has 1 aromatic carbocycles. The summed E-state index contributed by atoms with van der Waals surface area (Å²) in [5, 5.41) is 10.4. The number of hydrogen-bond acceptors (Lipinski definition) is 2. The van der Waals surface area contributed by atoms with Crippen molar-refractivity contribution in [2.75, 3.05) is 0 Å². The van der Waals surface area contributed by atoms with Crippen LogP contribution in [0.2, 0.25) is 0 Å². The fraction of sp³-hybridized carbons (Fsp3) is 0.176. The molecule has 0 aliphatic heterocycles. The summed E-state index contributed by atoms with van der Waals surface area (Å²) in [6.07, 6.45) is 1.76. The molecular weight excluding hydrogens is 264 g/mol. The third-order valence-corrected chi connectivity index (χ3v) is 3.56. The van der Waals surface area contributed by atoms with Gasteiger partial charge in [0.1, 0.15) is 5.69 Å². The lowest BCUT2D eigenvalue weighted by atomic mass is 10.1. The Morgan fingerprint density at radius 2 is 1.90 bits per heavy atom. The second kappa shape index (κ2) is 5.05. The number of fused-ring (bicyclic) bond motifs is 1. The molecular formula is C17H16N2O2. The number of nitrogens with zero attached hydrogens (tertiary/aromatic N) is 2. The lowest BCUT2D eigenvalue weighted by Crippen LogP contribution is -2.11. The third-order valence-electron chi connectivity index (χ3n) is 3.56. The Morgan fingerprint density at radius 1 is 1.14 bits per heavy atom. The molecule has 0 aliphatic rings. The second-order valence-corrected chi connectivity index (χ2v) is 5.25. The number of carboxylic acid groups (broad SMARTS) is 1. The first kappa shape index (κ1) is 13.4. The van der Waals surface area contributed by atoms with E-state index in [0.29, 0.717) is 5.69 Å². The Labute approximate surface area is 122 Å². The van der Waals surface area contributed by atoms with Crippen molar-refractivity contribution >= 4 is 16.9 Å². The van der Waals surface area contributed by atoms with Crippen molar-refractivity contribution in [2.45, 2.75) is 19.9 Å². The van der Waals surface area contributed by atoms with Gasteiger partial charge in [-0.25, -0.2) is 4.79 Å². The predicted molar refractivity (Wildman–Crippen MR) is 82.5 cm³/mol. The molecule has 0 atom stereocenters. The molecule has 106 valence electrons. The van der Waals surface area contributed by atoms with Gasteiger partial charge in [0.15, 0.2) is 0 Å². The van der Waals surface area contributed by atoms with Gasteiger partial charge in [0.2, 0.25) is 0 Å². The van der Waals surface area contributed by atoms with Crippen LogP contribution < -0.4 is 0 Å². The Hall–Kier alpha value is -2.62. The van der Waals surface area contributed by atoms with Gasteiger partial charge in [-0.2, -0.15) is 0 Å². The van der Waals surface area contributed by atoms with Crippen LogP contribution in [0.3, 0.4) is 0 Å². The molecule has 0 aliphatic carbocycles. The van der Waals surface area contributed by atoms with Gasteiger partial charge in [0.25, 0.3) is 0 Å². The molecule has 2 heterocycles. The zero-order chi connectivity index (χ0) is 15.0. The molecule has 4 heteroatoms. The van der Waals surface area contributed by atoms with Crippen LogP contribution in [-0.2, 0) is 0 Å². The smallest absolute Gasteiger partial charge is 0.352 e. The van der Waals surface area contributed by atoms with Crippen molar-refractivity contribution in [3.05, 3.63) is 54.4 Å². The lowest BCUT2D eigenvalue weighted by molar-refractivity contribution is 0.0683. The van der Waals surface area contributed by atoms with E-state index in [1.54, 1.807) is 12.3 Å². The number of aromatic nitrogens is 2. The van der Waals surface area contributed by atoms with Crippen LogP contribution in [0.15, 0.2) is 48.7 Å². The fourth-order valence-corrected chi connectivity index (χ4v) is 2.71. The minimum atomic E-state index is -0.914. The summed E-state index contributed by atoms with van der Waals surface area (Å²) in [5.41, 5.74) is 3.02. The van der Waals surface area contributed by atoms with Crippen LogP contribution in [0.4, 0.5) is 0 Å². The van der Waals surface area contributed by atoms with E-state index < -0.39 is 5.97 Å². The number of pyridine rings is 1. The highest BCUT2D eigenvalue weighted by molar-refractivity contribution is 5.94. The van der Waals surface area contributed by atoms with E-state index in [1.165, 1.54) is 0 Å². The summed E-state index contributed by atoms with van der Waals surface area (Å²) in [7, 11) is 0. The van der Waals surface area contributed by atoms with Crippen LogP contribution in [0, 0.1) is 0 Å². The highest BCUT2D eigenvalue weighted by Gasteiger charge is 2.18. The average Bonchev–Trinajstić information content (AvgIpc) is 2.91. The Kier molecular flexibility index (Phi) is 3.22. The van der Waals surface area contributed by atoms with E-state index >= 15 is 0 Å². The summed E-state index contributed by atoms with van der Waals surface area (Å²) >= 11 is 0. The second-order valence-electron chi connectivity index (χ2n) is 5.25. The number of aromatic carboxylic acids is 1. The minimum absolute atomic E-state index is 0.0556. The molecule has 0 spiro atoms. The molecule has 2 aromatic heterocycles. The summed E-state index contributed by atoms with van der Waals surface area (Å²) in [5.74, 6) is -0.914. The topological polar surface area (TPSA) is 55.1 Å². The first-order chi connectivity index (χ1) is 10.1. The number of hydrogen-bond donors (Lipinski definition) is 1. The molecule has 1 N–H and O–H groups in total. The summed E-state index contributed by atoms with van der Waals surface area (Å²) in [4.78, 5) is 15.8. The van der Waals surface area contributed by atoms with Crippen LogP contribution in [0.5, 0.6) is 0 Å². The minimum Gasteiger partial charge on any atom is -0.477 e. The van der Waals surface area contributed by atoms with E-state index in [9.17, 15) is 9.90 Å². The van der Waals surface area contributed by atoms with E-state index in [1.807, 2.05) is 54.8 Å². The maximum Gasteiger partial charge on any atom is 0.352 e. The van der Waals surface area contributed by atoms with E-state index in [2.05, 4.69) is 4.98 Å². The summed E-state index contributed by atoms with van der Waals surface area (Å²) in [6, 6.07) is 13.4. The van der Waals surface area contributed by atoms with Gasteiger partial charge in [0.05, 0.1) is 11.2 Å². The van der Waals surface area contributed by atoms with Crippen LogP contribution in [0.1, 0.15) is 30.4 Å². The highest BCUT2D eigenvalue weighted by atomic mass is 16.4. The van der Waals surface area contributed by atoms with E-state index in [-0.39, 0.29) is 6.04 Å². The molecule has 0 saturated carbocycles. The molecule has 21 heavy (non-hydrogen) atoms. The Morgan fingerprint density at radius 3 is 2.62 bits per heavy atom. The number of rotatable bonds is 3. The molecule has 3 aromatic rings. The normalized spacial score (nSPS) is 11.2.